The summed E-state index contributed by atoms with van der Waals surface area (Å²) in [6, 6.07) is 3.62. The predicted octanol–water partition coefficient (Wildman–Crippen LogP) is 4.03. The van der Waals surface area contributed by atoms with Crippen molar-refractivity contribution in [3.05, 3.63) is 33.5 Å². The summed E-state index contributed by atoms with van der Waals surface area (Å²) >= 11 is 3.33. The molecule has 0 amide bonds. The van der Waals surface area contributed by atoms with Gasteiger partial charge in [0.2, 0.25) is 0 Å². The van der Waals surface area contributed by atoms with E-state index in [9.17, 15) is 4.39 Å². The normalized spacial score (nSPS) is 21.3. The third kappa shape index (κ3) is 1.64. The van der Waals surface area contributed by atoms with Crippen molar-refractivity contribution in [2.24, 2.45) is 0 Å². The molecule has 13 heavy (non-hydrogen) atoms. The second kappa shape index (κ2) is 3.41. The first kappa shape index (κ1) is 9.20. The first-order chi connectivity index (χ1) is 6.18. The lowest BCUT2D eigenvalue weighted by molar-refractivity contribution is 0.542. The molecule has 1 aliphatic carbocycles. The molecule has 0 saturated heterocycles. The van der Waals surface area contributed by atoms with Crippen molar-refractivity contribution in [3.8, 4) is 0 Å². The molecule has 0 aliphatic heterocycles. The van der Waals surface area contributed by atoms with E-state index in [1.165, 1.54) is 12.0 Å². The van der Waals surface area contributed by atoms with Gasteiger partial charge in [0.15, 0.2) is 0 Å². The minimum atomic E-state index is -0.0454. The van der Waals surface area contributed by atoms with Gasteiger partial charge in [-0.15, -0.1) is 0 Å². The lowest BCUT2D eigenvalue weighted by Gasteiger charge is -2.22. The Morgan fingerprint density at radius 3 is 3.00 bits per heavy atom. The smallest absolute Gasteiger partial charge is 0.127 e. The van der Waals surface area contributed by atoms with Crippen LogP contribution in [0.15, 0.2) is 16.6 Å². The molecule has 0 saturated carbocycles. The van der Waals surface area contributed by atoms with E-state index in [-0.39, 0.29) is 5.82 Å². The number of hydrogen-bond donors (Lipinski definition) is 0. The Morgan fingerprint density at radius 1 is 1.46 bits per heavy atom. The summed E-state index contributed by atoms with van der Waals surface area (Å²) in [4.78, 5) is 0. The quantitative estimate of drug-likeness (QED) is 0.645. The van der Waals surface area contributed by atoms with Crippen LogP contribution in [0.1, 0.15) is 36.8 Å². The Labute approximate surface area is 86.3 Å². The van der Waals surface area contributed by atoms with Crippen LogP contribution in [0.2, 0.25) is 0 Å². The van der Waals surface area contributed by atoms with Crippen LogP contribution in [0, 0.1) is 5.82 Å². The van der Waals surface area contributed by atoms with Crippen molar-refractivity contribution in [3.63, 3.8) is 0 Å². The maximum atomic E-state index is 13.5. The van der Waals surface area contributed by atoms with Gasteiger partial charge in [0, 0.05) is 4.47 Å². The van der Waals surface area contributed by atoms with Crippen LogP contribution in [0.25, 0.3) is 0 Å². The standard InChI is InChI=1S/C11H12BrF/c1-7-3-2-4-9-10(7)5-8(12)6-11(9)13/h5-7H,2-4H2,1H3/t7-/m1/s1. The van der Waals surface area contributed by atoms with Crippen LogP contribution in [-0.2, 0) is 6.42 Å². The van der Waals surface area contributed by atoms with Crippen LogP contribution in [0.3, 0.4) is 0 Å². The van der Waals surface area contributed by atoms with Gasteiger partial charge in [-0.25, -0.2) is 4.39 Å². The zero-order valence-electron chi connectivity index (χ0n) is 7.61. The molecule has 0 radical (unpaired) electrons. The molecule has 2 rings (SSSR count). The largest absolute Gasteiger partial charge is 0.207 e. The first-order valence-electron chi connectivity index (χ1n) is 4.66. The molecular weight excluding hydrogens is 231 g/mol. The highest BCUT2D eigenvalue weighted by Crippen LogP contribution is 2.34. The van der Waals surface area contributed by atoms with Gasteiger partial charge in [0.1, 0.15) is 5.82 Å². The zero-order valence-corrected chi connectivity index (χ0v) is 9.20. The molecular formula is C11H12BrF. The summed E-state index contributed by atoms with van der Waals surface area (Å²) in [6.07, 6.45) is 3.20. The lowest BCUT2D eigenvalue weighted by atomic mass is 9.84. The van der Waals surface area contributed by atoms with Gasteiger partial charge in [0.25, 0.3) is 0 Å². The van der Waals surface area contributed by atoms with Crippen LogP contribution >= 0.6 is 15.9 Å². The molecule has 70 valence electrons. The van der Waals surface area contributed by atoms with Gasteiger partial charge in [-0.3, -0.25) is 0 Å². The number of halogens is 2. The lowest BCUT2D eigenvalue weighted by Crippen LogP contribution is -2.09. The summed E-state index contributed by atoms with van der Waals surface area (Å²) in [7, 11) is 0. The number of hydrogen-bond acceptors (Lipinski definition) is 0. The Hall–Kier alpha value is -0.370. The maximum absolute atomic E-state index is 13.5. The van der Waals surface area contributed by atoms with E-state index in [0.29, 0.717) is 5.92 Å². The molecule has 0 bridgehead atoms. The summed E-state index contributed by atoms with van der Waals surface area (Å²) < 4.78 is 14.3. The van der Waals surface area contributed by atoms with Crippen molar-refractivity contribution < 1.29 is 4.39 Å². The molecule has 0 nitrogen and oxygen atoms in total. The molecule has 0 heterocycles. The fourth-order valence-corrected chi connectivity index (χ4v) is 2.51. The van der Waals surface area contributed by atoms with E-state index in [2.05, 4.69) is 28.9 Å². The maximum Gasteiger partial charge on any atom is 0.127 e. The number of benzene rings is 1. The predicted molar refractivity (Wildman–Crippen MR) is 55.5 cm³/mol. The van der Waals surface area contributed by atoms with E-state index in [1.54, 1.807) is 6.07 Å². The zero-order chi connectivity index (χ0) is 9.42. The second-order valence-corrected chi connectivity index (χ2v) is 4.66. The summed E-state index contributed by atoms with van der Waals surface area (Å²) in [5.41, 5.74) is 2.13. The molecule has 0 fully saturated rings. The average molecular weight is 243 g/mol. The Balaban J connectivity index is 2.56. The molecule has 0 unspecified atom stereocenters. The minimum absolute atomic E-state index is 0.0454. The van der Waals surface area contributed by atoms with Gasteiger partial charge in [-0.05, 0) is 48.4 Å². The van der Waals surface area contributed by atoms with Crippen molar-refractivity contribution in [2.75, 3.05) is 0 Å². The summed E-state index contributed by atoms with van der Waals surface area (Å²) in [5.74, 6) is 0.465. The fraction of sp³-hybridized carbons (Fsp3) is 0.455. The molecule has 1 aromatic rings. The highest BCUT2D eigenvalue weighted by Gasteiger charge is 2.19. The Kier molecular flexibility index (Phi) is 2.41. The molecule has 2 heteroatoms. The van der Waals surface area contributed by atoms with E-state index < -0.39 is 0 Å². The van der Waals surface area contributed by atoms with Gasteiger partial charge in [0.05, 0.1) is 0 Å². The van der Waals surface area contributed by atoms with E-state index in [0.717, 1.165) is 22.9 Å². The molecule has 0 spiro atoms. The van der Waals surface area contributed by atoms with Crippen LogP contribution in [0.5, 0.6) is 0 Å². The first-order valence-corrected chi connectivity index (χ1v) is 5.45. The van der Waals surface area contributed by atoms with Gasteiger partial charge in [-0.2, -0.15) is 0 Å². The number of fused-ring (bicyclic) bond motifs is 1. The highest BCUT2D eigenvalue weighted by molar-refractivity contribution is 9.10. The fourth-order valence-electron chi connectivity index (χ4n) is 2.07. The second-order valence-electron chi connectivity index (χ2n) is 3.75. The van der Waals surface area contributed by atoms with Crippen molar-refractivity contribution in [1.29, 1.82) is 0 Å². The van der Waals surface area contributed by atoms with Gasteiger partial charge < -0.3 is 0 Å². The molecule has 1 aromatic carbocycles. The Morgan fingerprint density at radius 2 is 2.23 bits per heavy atom. The minimum Gasteiger partial charge on any atom is -0.207 e. The monoisotopic (exact) mass is 242 g/mol. The van der Waals surface area contributed by atoms with Gasteiger partial charge >= 0.3 is 0 Å². The van der Waals surface area contributed by atoms with E-state index in [1.807, 2.05) is 0 Å². The van der Waals surface area contributed by atoms with E-state index >= 15 is 0 Å². The van der Waals surface area contributed by atoms with Gasteiger partial charge in [-0.1, -0.05) is 22.9 Å². The third-order valence-corrected chi connectivity index (χ3v) is 3.25. The Bertz CT molecular complexity index is 333. The molecule has 1 aliphatic rings. The average Bonchev–Trinajstić information content (AvgIpc) is 2.07. The van der Waals surface area contributed by atoms with E-state index in [4.69, 9.17) is 0 Å². The topological polar surface area (TPSA) is 0 Å². The third-order valence-electron chi connectivity index (χ3n) is 2.79. The summed E-state index contributed by atoms with van der Waals surface area (Å²) in [5, 5.41) is 0. The molecule has 0 aromatic heterocycles. The molecule has 1 atom stereocenters. The van der Waals surface area contributed by atoms with Crippen molar-refractivity contribution >= 4 is 15.9 Å². The molecule has 0 N–H and O–H groups in total. The van der Waals surface area contributed by atoms with Crippen molar-refractivity contribution in [1.82, 2.24) is 0 Å². The SMILES string of the molecule is C[C@@H]1CCCc2c(F)cc(Br)cc21. The van der Waals surface area contributed by atoms with Crippen LogP contribution in [0.4, 0.5) is 4.39 Å². The highest BCUT2D eigenvalue weighted by atomic mass is 79.9. The number of rotatable bonds is 0. The van der Waals surface area contributed by atoms with Crippen molar-refractivity contribution in [2.45, 2.75) is 32.1 Å². The van der Waals surface area contributed by atoms with Crippen LogP contribution < -0.4 is 0 Å². The summed E-state index contributed by atoms with van der Waals surface area (Å²) in [6.45, 7) is 2.17. The van der Waals surface area contributed by atoms with Crippen LogP contribution in [-0.4, -0.2) is 0 Å².